The van der Waals surface area contributed by atoms with Crippen LogP contribution in [-0.4, -0.2) is 33.0 Å². The zero-order chi connectivity index (χ0) is 22.1. The van der Waals surface area contributed by atoms with E-state index >= 15 is 0 Å². The summed E-state index contributed by atoms with van der Waals surface area (Å²) in [5.41, 5.74) is 11.9. The van der Waals surface area contributed by atoms with Crippen LogP contribution in [0.2, 0.25) is 0 Å². The Balaban J connectivity index is 1.61. The molecule has 0 unspecified atom stereocenters. The number of primary amides is 1. The van der Waals surface area contributed by atoms with Crippen LogP contribution in [0.5, 0.6) is 0 Å². The fourth-order valence-electron chi connectivity index (χ4n) is 3.86. The number of carbonyl (C=O) groups is 2. The number of fused-ring (bicyclic) bond motifs is 1. The summed E-state index contributed by atoms with van der Waals surface area (Å²) in [6.45, 7) is 12.4. The minimum absolute atomic E-state index is 0.0360. The van der Waals surface area contributed by atoms with Crippen LogP contribution in [0.25, 0.3) is 16.1 Å². The Bertz CT molecular complexity index is 1220. The van der Waals surface area contributed by atoms with Crippen molar-refractivity contribution in [1.29, 1.82) is 0 Å². The van der Waals surface area contributed by atoms with Crippen LogP contribution >= 0.6 is 0 Å². The van der Waals surface area contributed by atoms with Gasteiger partial charge in [0.15, 0.2) is 5.69 Å². The Morgan fingerprint density at radius 2 is 1.84 bits per heavy atom. The highest BCUT2D eigenvalue weighted by Crippen LogP contribution is 2.29. The second-order valence-corrected chi connectivity index (χ2v) is 7.83. The van der Waals surface area contributed by atoms with E-state index in [2.05, 4.69) is 9.94 Å². The van der Waals surface area contributed by atoms with E-state index in [1.54, 1.807) is 33.8 Å². The lowest BCUT2D eigenvalue weighted by Crippen LogP contribution is -2.40. The fraction of sp³-hybridized carbons (Fsp3) is 0.250. The van der Waals surface area contributed by atoms with Crippen molar-refractivity contribution in [3.05, 3.63) is 81.8 Å². The van der Waals surface area contributed by atoms with Gasteiger partial charge in [-0.15, -0.1) is 0 Å². The lowest BCUT2D eigenvalue weighted by atomic mass is 10.0. The van der Waals surface area contributed by atoms with E-state index in [0.717, 1.165) is 22.3 Å². The normalized spacial score (nSPS) is 12.9. The van der Waals surface area contributed by atoms with Crippen molar-refractivity contribution in [2.45, 2.75) is 33.4 Å². The van der Waals surface area contributed by atoms with E-state index in [4.69, 9.17) is 12.3 Å². The molecule has 2 heterocycles. The molecule has 0 spiro atoms. The average molecular weight is 413 g/mol. The first-order valence-electron chi connectivity index (χ1n) is 10.1. The van der Waals surface area contributed by atoms with Gasteiger partial charge >= 0.3 is 0 Å². The summed E-state index contributed by atoms with van der Waals surface area (Å²) >= 11 is 0. The van der Waals surface area contributed by atoms with Gasteiger partial charge < -0.3 is 10.6 Å². The van der Waals surface area contributed by atoms with Crippen LogP contribution in [0.3, 0.4) is 0 Å². The quantitative estimate of drug-likeness (QED) is 0.665. The molecule has 156 valence electrons. The molecule has 0 aliphatic carbocycles. The molecule has 3 aromatic rings. The van der Waals surface area contributed by atoms with Crippen LogP contribution in [-0.2, 0) is 24.3 Å². The van der Waals surface area contributed by atoms with Crippen LogP contribution in [0.4, 0.5) is 5.69 Å². The molecule has 31 heavy (non-hydrogen) atoms. The topological polar surface area (TPSA) is 85.6 Å². The zero-order valence-corrected chi connectivity index (χ0v) is 17.6. The largest absolute Gasteiger partial charge is 0.365 e. The summed E-state index contributed by atoms with van der Waals surface area (Å²) in [7, 11) is 0. The summed E-state index contributed by atoms with van der Waals surface area (Å²) in [6, 6.07) is 13.0. The number of aromatic nitrogens is 2. The Morgan fingerprint density at radius 3 is 2.48 bits per heavy atom. The van der Waals surface area contributed by atoms with E-state index in [9.17, 15) is 9.59 Å². The van der Waals surface area contributed by atoms with Gasteiger partial charge in [-0.1, -0.05) is 36.4 Å². The van der Waals surface area contributed by atoms with Crippen LogP contribution in [0.1, 0.15) is 32.7 Å². The highest BCUT2D eigenvalue weighted by atomic mass is 16.2. The number of nitrogens with zero attached hydrogens (tertiary/aromatic N) is 4. The highest BCUT2D eigenvalue weighted by molar-refractivity contribution is 6.00. The van der Waals surface area contributed by atoms with Crippen molar-refractivity contribution >= 4 is 17.5 Å². The maximum Gasteiger partial charge on any atom is 0.252 e. The molecule has 2 N–H and O–H groups in total. The Hall–Kier alpha value is -3.92. The molecule has 0 saturated carbocycles. The number of aryl methyl sites for hydroxylation is 2. The minimum atomic E-state index is -0.543. The third-order valence-electron chi connectivity index (χ3n) is 5.78. The Kier molecular flexibility index (Phi) is 5.30. The zero-order valence-electron chi connectivity index (χ0n) is 17.6. The van der Waals surface area contributed by atoms with Crippen LogP contribution < -0.4 is 5.73 Å². The summed E-state index contributed by atoms with van der Waals surface area (Å²) in [5.74, 6) is -0.579. The number of rotatable bonds is 4. The second-order valence-electron chi connectivity index (χ2n) is 7.83. The summed E-state index contributed by atoms with van der Waals surface area (Å²) in [6.07, 6.45) is 0.238. The predicted octanol–water partition coefficient (Wildman–Crippen LogP) is 3.40. The van der Waals surface area contributed by atoms with Gasteiger partial charge in [0.05, 0.1) is 37.3 Å². The van der Waals surface area contributed by atoms with Crippen molar-refractivity contribution in [3.63, 3.8) is 0 Å². The molecular formula is C24H23N5O2. The van der Waals surface area contributed by atoms with Crippen molar-refractivity contribution in [2.75, 3.05) is 6.54 Å². The molecule has 7 nitrogen and oxygen atoms in total. The number of benzene rings is 2. The molecular weight excluding hydrogens is 390 g/mol. The smallest absolute Gasteiger partial charge is 0.252 e. The molecule has 0 radical (unpaired) electrons. The number of hydrogen-bond donors (Lipinski definition) is 1. The van der Waals surface area contributed by atoms with E-state index < -0.39 is 5.91 Å². The first-order valence-corrected chi connectivity index (χ1v) is 10.1. The number of amides is 2. The van der Waals surface area contributed by atoms with Crippen molar-refractivity contribution in [2.24, 2.45) is 5.73 Å². The molecule has 0 bridgehead atoms. The third kappa shape index (κ3) is 3.92. The molecule has 0 atom stereocenters. The lowest BCUT2D eigenvalue weighted by Gasteiger charge is -2.28. The monoisotopic (exact) mass is 413 g/mol. The summed E-state index contributed by atoms with van der Waals surface area (Å²) in [4.78, 5) is 30.3. The number of nitrogens with two attached hydrogens (primary N) is 1. The van der Waals surface area contributed by atoms with Gasteiger partial charge in [-0.25, -0.2) is 4.85 Å². The fourth-order valence-corrected chi connectivity index (χ4v) is 3.86. The molecule has 1 aliphatic heterocycles. The van der Waals surface area contributed by atoms with E-state index in [1.807, 2.05) is 32.0 Å². The molecule has 4 rings (SSSR count). The van der Waals surface area contributed by atoms with Gasteiger partial charge in [-0.05, 0) is 36.6 Å². The van der Waals surface area contributed by atoms with E-state index in [1.165, 1.54) is 0 Å². The van der Waals surface area contributed by atoms with Gasteiger partial charge in [-0.2, -0.15) is 5.10 Å². The van der Waals surface area contributed by atoms with Gasteiger partial charge in [0.2, 0.25) is 5.91 Å². The predicted molar refractivity (Wildman–Crippen MR) is 117 cm³/mol. The maximum absolute atomic E-state index is 12.9. The van der Waals surface area contributed by atoms with Gasteiger partial charge in [0, 0.05) is 12.1 Å². The minimum Gasteiger partial charge on any atom is -0.365 e. The number of hydrogen-bond acceptors (Lipinski definition) is 3. The van der Waals surface area contributed by atoms with Crippen molar-refractivity contribution in [3.8, 4) is 11.3 Å². The lowest BCUT2D eigenvalue weighted by molar-refractivity contribution is -0.132. The number of carbonyl (C=O) groups excluding carboxylic acids is 2. The van der Waals surface area contributed by atoms with Gasteiger partial charge in [0.25, 0.3) is 5.91 Å². The molecule has 2 amide bonds. The van der Waals surface area contributed by atoms with Gasteiger partial charge in [0.1, 0.15) is 5.69 Å². The molecule has 7 heteroatoms. The highest BCUT2D eigenvalue weighted by Gasteiger charge is 2.29. The molecule has 0 fully saturated rings. The average Bonchev–Trinajstić information content (AvgIpc) is 3.15. The third-order valence-corrected chi connectivity index (χ3v) is 5.78. The van der Waals surface area contributed by atoms with Crippen molar-refractivity contribution in [1.82, 2.24) is 14.7 Å². The van der Waals surface area contributed by atoms with Crippen LogP contribution in [0.15, 0.2) is 42.5 Å². The molecule has 1 aromatic heterocycles. The van der Waals surface area contributed by atoms with E-state index in [-0.39, 0.29) is 18.9 Å². The van der Waals surface area contributed by atoms with Crippen LogP contribution in [0, 0.1) is 20.4 Å². The molecule has 1 aliphatic rings. The van der Waals surface area contributed by atoms with E-state index in [0.29, 0.717) is 35.7 Å². The van der Waals surface area contributed by atoms with Gasteiger partial charge in [-0.3, -0.25) is 14.3 Å². The Morgan fingerprint density at radius 1 is 1.10 bits per heavy atom. The molecule has 2 aromatic carbocycles. The first-order chi connectivity index (χ1) is 14.9. The molecule has 0 saturated heterocycles. The summed E-state index contributed by atoms with van der Waals surface area (Å²) in [5, 5.41) is 4.66. The summed E-state index contributed by atoms with van der Waals surface area (Å²) < 4.78 is 1.79. The second kappa shape index (κ2) is 8.07. The SMILES string of the molecule is [C-]#[N+]c1ccc(CC(=O)N2CCn3nc(-c4ccc(C)c(C)c4)c(C(N)=O)c3C2)cc1. The Labute approximate surface area is 180 Å². The standard InChI is InChI=1S/C24H23N5O2/c1-15-4-7-18(12-16(15)2)23-22(24(25)31)20-14-28(10-11-29(20)27-23)21(30)13-17-5-8-19(26-3)9-6-17/h4-9,12H,10-11,13-14H2,1-2H3,(H2,25,31). The maximum atomic E-state index is 12.9. The first kappa shape index (κ1) is 20.4. The van der Waals surface area contributed by atoms with Crippen molar-refractivity contribution < 1.29 is 9.59 Å².